The number of aryl methyl sites for hydroxylation is 1. The highest BCUT2D eigenvalue weighted by molar-refractivity contribution is 6.02. The third-order valence-electron chi connectivity index (χ3n) is 5.48. The number of hydrogen-bond donors (Lipinski definition) is 2. The van der Waals surface area contributed by atoms with E-state index in [9.17, 15) is 9.59 Å². The van der Waals surface area contributed by atoms with E-state index in [1.807, 2.05) is 26.1 Å². The third-order valence-corrected chi connectivity index (χ3v) is 5.48. The summed E-state index contributed by atoms with van der Waals surface area (Å²) in [5, 5.41) is 3.11. The lowest BCUT2D eigenvalue weighted by molar-refractivity contribution is 0.0939. The van der Waals surface area contributed by atoms with Crippen molar-refractivity contribution in [3.63, 3.8) is 0 Å². The summed E-state index contributed by atoms with van der Waals surface area (Å²) in [5.74, 6) is 1.16. The van der Waals surface area contributed by atoms with Crippen LogP contribution in [0.3, 0.4) is 0 Å². The molecule has 2 fully saturated rings. The summed E-state index contributed by atoms with van der Waals surface area (Å²) in [6.07, 6.45) is 5.11. The summed E-state index contributed by atoms with van der Waals surface area (Å²) >= 11 is 0. The van der Waals surface area contributed by atoms with Crippen LogP contribution in [0.2, 0.25) is 0 Å². The molecule has 7 nitrogen and oxygen atoms in total. The van der Waals surface area contributed by atoms with Gasteiger partial charge in [-0.2, -0.15) is 0 Å². The minimum atomic E-state index is -0.131. The Balaban J connectivity index is 1.43. The number of aromatic nitrogens is 3. The molecule has 0 aromatic carbocycles. The lowest BCUT2D eigenvalue weighted by atomic mass is 10.1. The van der Waals surface area contributed by atoms with Crippen LogP contribution in [0.25, 0.3) is 0 Å². The Morgan fingerprint density at radius 2 is 2.04 bits per heavy atom. The molecule has 2 aromatic rings. The van der Waals surface area contributed by atoms with Gasteiger partial charge in [-0.3, -0.25) is 9.59 Å². The Labute approximate surface area is 158 Å². The number of aromatic amines is 1. The van der Waals surface area contributed by atoms with Crippen molar-refractivity contribution < 1.29 is 9.59 Å². The van der Waals surface area contributed by atoms with Crippen molar-refractivity contribution in [1.82, 2.24) is 20.3 Å². The number of nitrogens with one attached hydrogen (secondary N) is 2. The van der Waals surface area contributed by atoms with Crippen molar-refractivity contribution in [2.24, 2.45) is 0 Å². The lowest BCUT2D eigenvalue weighted by Gasteiger charge is -2.17. The number of H-pyrrole nitrogens is 1. The molecule has 2 aliphatic rings. The quantitative estimate of drug-likeness (QED) is 0.793. The second-order valence-electron chi connectivity index (χ2n) is 7.64. The first-order chi connectivity index (χ1) is 12.9. The molecular weight excluding hydrogens is 342 g/mol. The summed E-state index contributed by atoms with van der Waals surface area (Å²) in [7, 11) is 0. The largest absolute Gasteiger partial charge is 0.355 e. The molecule has 1 amide bonds. The molecule has 0 bridgehead atoms. The van der Waals surface area contributed by atoms with E-state index in [1.165, 1.54) is 19.8 Å². The standard InChI is InChI=1S/C20H25N5O2/c1-11-17(12(2)22-18(11)13(3)26)19(27)23-15-7-9-25(10-15)20-21-8-6-16(24-20)14-4-5-14/h6,8,14-15,22H,4-5,7,9-10H2,1-3H3,(H,23,27). The molecule has 4 rings (SSSR count). The molecule has 142 valence electrons. The minimum absolute atomic E-state index is 0.0418. The van der Waals surface area contributed by atoms with Gasteiger partial charge in [0.15, 0.2) is 5.78 Å². The fourth-order valence-electron chi connectivity index (χ4n) is 3.88. The highest BCUT2D eigenvalue weighted by Crippen LogP contribution is 2.39. The smallest absolute Gasteiger partial charge is 0.253 e. The highest BCUT2D eigenvalue weighted by atomic mass is 16.2. The van der Waals surface area contributed by atoms with Crippen molar-refractivity contribution in [1.29, 1.82) is 0 Å². The van der Waals surface area contributed by atoms with E-state index in [4.69, 9.17) is 4.98 Å². The predicted octanol–water partition coefficient (Wildman–Crippen LogP) is 2.51. The minimum Gasteiger partial charge on any atom is -0.355 e. The number of Topliss-reactive ketones (excluding diaryl/α,β-unsaturated/α-hetero) is 1. The van der Waals surface area contributed by atoms with Gasteiger partial charge in [0.1, 0.15) is 0 Å². The van der Waals surface area contributed by atoms with Gasteiger partial charge < -0.3 is 15.2 Å². The van der Waals surface area contributed by atoms with Gasteiger partial charge in [-0.15, -0.1) is 0 Å². The van der Waals surface area contributed by atoms with E-state index in [1.54, 1.807) is 0 Å². The number of rotatable bonds is 5. The van der Waals surface area contributed by atoms with Crippen LogP contribution in [0.1, 0.15) is 69.9 Å². The van der Waals surface area contributed by atoms with E-state index in [2.05, 4.69) is 20.2 Å². The summed E-state index contributed by atoms with van der Waals surface area (Å²) in [6.45, 7) is 6.66. The molecule has 7 heteroatoms. The zero-order valence-electron chi connectivity index (χ0n) is 16.0. The van der Waals surface area contributed by atoms with Crippen molar-refractivity contribution >= 4 is 17.6 Å². The monoisotopic (exact) mass is 367 g/mol. The topological polar surface area (TPSA) is 91.0 Å². The average molecular weight is 367 g/mol. The summed E-state index contributed by atoms with van der Waals surface area (Å²) in [6, 6.07) is 2.04. The lowest BCUT2D eigenvalue weighted by Crippen LogP contribution is -2.37. The first kappa shape index (κ1) is 17.7. The number of hydrogen-bond acceptors (Lipinski definition) is 5. The molecule has 3 heterocycles. The highest BCUT2D eigenvalue weighted by Gasteiger charge is 2.30. The molecule has 1 aliphatic carbocycles. The second kappa shape index (κ2) is 6.79. The van der Waals surface area contributed by atoms with Crippen LogP contribution in [0.4, 0.5) is 5.95 Å². The predicted molar refractivity (Wildman–Crippen MR) is 102 cm³/mol. The maximum Gasteiger partial charge on any atom is 0.253 e. The summed E-state index contributed by atoms with van der Waals surface area (Å²) in [4.78, 5) is 38.8. The molecular formula is C20H25N5O2. The Morgan fingerprint density at radius 1 is 1.26 bits per heavy atom. The van der Waals surface area contributed by atoms with E-state index < -0.39 is 0 Å². The van der Waals surface area contributed by atoms with Crippen LogP contribution in [0, 0.1) is 13.8 Å². The Morgan fingerprint density at radius 3 is 2.70 bits per heavy atom. The molecule has 27 heavy (non-hydrogen) atoms. The van der Waals surface area contributed by atoms with Gasteiger partial charge in [0.25, 0.3) is 5.91 Å². The molecule has 0 radical (unpaired) electrons. The second-order valence-corrected chi connectivity index (χ2v) is 7.64. The van der Waals surface area contributed by atoms with Gasteiger partial charge in [0.05, 0.1) is 11.3 Å². The first-order valence-electron chi connectivity index (χ1n) is 9.53. The molecule has 1 unspecified atom stereocenters. The van der Waals surface area contributed by atoms with Gasteiger partial charge in [0, 0.05) is 49.6 Å². The zero-order chi connectivity index (χ0) is 19.1. The average Bonchev–Trinajstić information content (AvgIpc) is 3.31. The Hall–Kier alpha value is -2.70. The Kier molecular flexibility index (Phi) is 4.45. The Bertz CT molecular complexity index is 900. The molecule has 2 aromatic heterocycles. The molecule has 1 saturated carbocycles. The van der Waals surface area contributed by atoms with Crippen molar-refractivity contribution in [3.05, 3.63) is 40.5 Å². The van der Waals surface area contributed by atoms with Crippen LogP contribution in [0.15, 0.2) is 12.3 Å². The number of carbonyl (C=O) groups is 2. The van der Waals surface area contributed by atoms with Crippen LogP contribution in [0.5, 0.6) is 0 Å². The van der Waals surface area contributed by atoms with Gasteiger partial charge in [-0.25, -0.2) is 9.97 Å². The van der Waals surface area contributed by atoms with E-state index >= 15 is 0 Å². The number of anilines is 1. The van der Waals surface area contributed by atoms with Crippen molar-refractivity contribution in [2.75, 3.05) is 18.0 Å². The van der Waals surface area contributed by atoms with Crippen LogP contribution >= 0.6 is 0 Å². The summed E-state index contributed by atoms with van der Waals surface area (Å²) < 4.78 is 0. The number of ketones is 1. The molecule has 1 atom stereocenters. The fraction of sp³-hybridized carbons (Fsp3) is 0.500. The van der Waals surface area contributed by atoms with Crippen molar-refractivity contribution in [3.8, 4) is 0 Å². The normalized spacial score (nSPS) is 19.4. The van der Waals surface area contributed by atoms with Gasteiger partial charge in [-0.05, 0) is 44.7 Å². The van der Waals surface area contributed by atoms with Gasteiger partial charge in [0.2, 0.25) is 5.95 Å². The van der Waals surface area contributed by atoms with Crippen LogP contribution in [-0.2, 0) is 0 Å². The SMILES string of the molecule is CC(=O)c1[nH]c(C)c(C(=O)NC2CCN(c3nccc(C4CC4)n3)C2)c1C. The number of carbonyl (C=O) groups excluding carboxylic acids is 2. The molecule has 0 spiro atoms. The van der Waals surface area contributed by atoms with E-state index in [0.29, 0.717) is 29.3 Å². The fourth-order valence-corrected chi connectivity index (χ4v) is 3.88. The van der Waals surface area contributed by atoms with Gasteiger partial charge >= 0.3 is 0 Å². The van der Waals surface area contributed by atoms with E-state index in [-0.39, 0.29) is 17.7 Å². The van der Waals surface area contributed by atoms with Gasteiger partial charge in [-0.1, -0.05) is 0 Å². The molecule has 1 saturated heterocycles. The zero-order valence-corrected chi connectivity index (χ0v) is 16.0. The van der Waals surface area contributed by atoms with Crippen LogP contribution < -0.4 is 10.2 Å². The van der Waals surface area contributed by atoms with E-state index in [0.717, 1.165) is 30.3 Å². The third kappa shape index (κ3) is 3.46. The number of nitrogens with zero attached hydrogens (tertiary/aromatic N) is 3. The van der Waals surface area contributed by atoms with Crippen molar-refractivity contribution in [2.45, 2.75) is 52.0 Å². The molecule has 1 aliphatic heterocycles. The summed E-state index contributed by atoms with van der Waals surface area (Å²) in [5.41, 5.74) is 3.66. The first-order valence-corrected chi connectivity index (χ1v) is 9.53. The van der Waals surface area contributed by atoms with Crippen LogP contribution in [-0.4, -0.2) is 45.8 Å². The number of amides is 1. The molecule has 2 N–H and O–H groups in total. The maximum absolute atomic E-state index is 12.8. The maximum atomic E-state index is 12.8.